The van der Waals surface area contributed by atoms with Gasteiger partial charge in [-0.1, -0.05) is 74.5 Å². The Morgan fingerprint density at radius 1 is 0.724 bits per heavy atom. The second-order valence-electron chi connectivity index (χ2n) is 7.30. The number of rotatable bonds is 5. The van der Waals surface area contributed by atoms with Gasteiger partial charge in [0.2, 0.25) is 0 Å². The fourth-order valence-electron chi connectivity index (χ4n) is 3.43. The Morgan fingerprint density at radius 2 is 1.31 bits per heavy atom. The Hall–Kier alpha value is -3.66. The van der Waals surface area contributed by atoms with Crippen LogP contribution in [-0.4, -0.2) is 11.8 Å². The van der Waals surface area contributed by atoms with Crippen molar-refractivity contribution >= 4 is 28.8 Å². The molecule has 0 aliphatic carbocycles. The van der Waals surface area contributed by atoms with Gasteiger partial charge in [-0.15, -0.1) is 0 Å². The van der Waals surface area contributed by atoms with Gasteiger partial charge in [0.25, 0.3) is 11.8 Å². The minimum Gasteiger partial charge on any atom is -0.350 e. The first-order valence-corrected chi connectivity index (χ1v) is 9.67. The highest BCUT2D eigenvalue weighted by molar-refractivity contribution is 6.46. The van der Waals surface area contributed by atoms with Crippen LogP contribution in [0.15, 0.2) is 90.6 Å². The summed E-state index contributed by atoms with van der Waals surface area (Å²) < 4.78 is 0. The number of para-hydroxylation sites is 1. The lowest BCUT2D eigenvalue weighted by Gasteiger charge is -2.16. The van der Waals surface area contributed by atoms with Crippen molar-refractivity contribution in [2.24, 2.45) is 0 Å². The van der Waals surface area contributed by atoms with Crippen LogP contribution in [0.4, 0.5) is 11.4 Å². The van der Waals surface area contributed by atoms with E-state index in [1.807, 2.05) is 84.9 Å². The quantitative estimate of drug-likeness (QED) is 0.617. The number of hydrogen-bond acceptors (Lipinski definition) is 3. The van der Waals surface area contributed by atoms with Gasteiger partial charge in [0.15, 0.2) is 0 Å². The summed E-state index contributed by atoms with van der Waals surface area (Å²) in [6.45, 7) is 4.22. The number of carbonyl (C=O) groups is 2. The molecule has 1 aliphatic heterocycles. The summed E-state index contributed by atoms with van der Waals surface area (Å²) >= 11 is 0. The van der Waals surface area contributed by atoms with Gasteiger partial charge in [0.05, 0.1) is 11.3 Å². The molecule has 0 radical (unpaired) electrons. The maximum absolute atomic E-state index is 13.3. The summed E-state index contributed by atoms with van der Waals surface area (Å²) in [6.07, 6.45) is 0. The molecule has 3 aromatic carbocycles. The molecule has 1 N–H and O–H groups in total. The molecule has 4 heteroatoms. The Labute approximate surface area is 170 Å². The Morgan fingerprint density at radius 3 is 1.90 bits per heavy atom. The zero-order chi connectivity index (χ0) is 20.4. The minimum absolute atomic E-state index is 0.292. The second-order valence-corrected chi connectivity index (χ2v) is 7.30. The third-order valence-electron chi connectivity index (χ3n) is 5.01. The molecule has 0 saturated heterocycles. The molecule has 4 nitrogen and oxygen atoms in total. The van der Waals surface area contributed by atoms with Crippen molar-refractivity contribution in [2.75, 3.05) is 10.2 Å². The Bertz CT molecular complexity index is 1070. The normalized spacial score (nSPS) is 14.1. The van der Waals surface area contributed by atoms with Gasteiger partial charge >= 0.3 is 0 Å². The first kappa shape index (κ1) is 18.7. The van der Waals surface area contributed by atoms with Crippen LogP contribution >= 0.6 is 0 Å². The molecule has 0 atom stereocenters. The Balaban J connectivity index is 1.77. The van der Waals surface area contributed by atoms with E-state index in [0.717, 1.165) is 11.3 Å². The van der Waals surface area contributed by atoms with E-state index in [1.165, 1.54) is 4.90 Å². The molecule has 144 valence electrons. The molecule has 29 heavy (non-hydrogen) atoms. The SMILES string of the molecule is CC(C)c1ccc(N2C(=O)C(Nc3ccccc3)=C(c3ccccc3)C2=O)cc1. The van der Waals surface area contributed by atoms with Gasteiger partial charge in [-0.25, -0.2) is 4.90 Å². The van der Waals surface area contributed by atoms with Crippen LogP contribution in [0.1, 0.15) is 30.9 Å². The Kier molecular flexibility index (Phi) is 5.00. The van der Waals surface area contributed by atoms with Crippen molar-refractivity contribution in [3.63, 3.8) is 0 Å². The first-order valence-electron chi connectivity index (χ1n) is 9.67. The molecular formula is C25H22N2O2. The van der Waals surface area contributed by atoms with Crippen LogP contribution in [0.2, 0.25) is 0 Å². The van der Waals surface area contributed by atoms with Crippen molar-refractivity contribution in [2.45, 2.75) is 19.8 Å². The maximum Gasteiger partial charge on any atom is 0.282 e. The molecule has 1 heterocycles. The second kappa shape index (κ2) is 7.76. The highest BCUT2D eigenvalue weighted by Crippen LogP contribution is 2.34. The molecule has 0 bridgehead atoms. The monoisotopic (exact) mass is 382 g/mol. The third-order valence-corrected chi connectivity index (χ3v) is 5.01. The summed E-state index contributed by atoms with van der Waals surface area (Å²) in [5, 5.41) is 3.17. The molecule has 0 unspecified atom stereocenters. The van der Waals surface area contributed by atoms with Gasteiger partial charge in [0, 0.05) is 5.69 Å². The van der Waals surface area contributed by atoms with E-state index in [4.69, 9.17) is 0 Å². The molecule has 1 aliphatic rings. The fourth-order valence-corrected chi connectivity index (χ4v) is 3.43. The van der Waals surface area contributed by atoms with E-state index in [2.05, 4.69) is 19.2 Å². The van der Waals surface area contributed by atoms with E-state index in [0.29, 0.717) is 28.4 Å². The average molecular weight is 382 g/mol. The van der Waals surface area contributed by atoms with Gasteiger partial charge in [-0.3, -0.25) is 9.59 Å². The number of nitrogens with one attached hydrogen (secondary N) is 1. The number of hydrogen-bond donors (Lipinski definition) is 1. The maximum atomic E-state index is 13.3. The largest absolute Gasteiger partial charge is 0.350 e. The summed E-state index contributed by atoms with van der Waals surface area (Å²) in [6, 6.07) is 26.3. The molecule has 0 fully saturated rings. The van der Waals surface area contributed by atoms with Gasteiger partial charge < -0.3 is 5.32 Å². The number of carbonyl (C=O) groups excluding carboxylic acids is 2. The van der Waals surface area contributed by atoms with Gasteiger partial charge in [0.1, 0.15) is 5.70 Å². The van der Waals surface area contributed by atoms with E-state index >= 15 is 0 Å². The number of nitrogens with zero attached hydrogens (tertiary/aromatic N) is 1. The lowest BCUT2D eigenvalue weighted by atomic mass is 10.0. The van der Waals surface area contributed by atoms with Crippen LogP contribution in [-0.2, 0) is 9.59 Å². The van der Waals surface area contributed by atoms with Crippen LogP contribution in [0.3, 0.4) is 0 Å². The van der Waals surface area contributed by atoms with Crippen LogP contribution in [0.5, 0.6) is 0 Å². The lowest BCUT2D eigenvalue weighted by Crippen LogP contribution is -2.32. The minimum atomic E-state index is -0.352. The molecular weight excluding hydrogens is 360 g/mol. The molecule has 3 aromatic rings. The lowest BCUT2D eigenvalue weighted by molar-refractivity contribution is -0.120. The smallest absolute Gasteiger partial charge is 0.282 e. The average Bonchev–Trinajstić information content (AvgIpc) is 2.99. The molecule has 2 amide bonds. The summed E-state index contributed by atoms with van der Waals surface area (Å²) in [4.78, 5) is 27.9. The molecule has 4 rings (SSSR count). The number of anilines is 2. The molecule has 0 aromatic heterocycles. The number of benzene rings is 3. The summed E-state index contributed by atoms with van der Waals surface area (Å²) in [5.41, 5.74) is 3.88. The van der Waals surface area contributed by atoms with Crippen LogP contribution in [0, 0.1) is 0 Å². The first-order chi connectivity index (χ1) is 14.1. The van der Waals surface area contributed by atoms with Crippen molar-refractivity contribution in [1.29, 1.82) is 0 Å². The summed E-state index contributed by atoms with van der Waals surface area (Å²) in [5.74, 6) is -0.297. The van der Waals surface area contributed by atoms with Crippen molar-refractivity contribution in [3.8, 4) is 0 Å². The highest BCUT2D eigenvalue weighted by Gasteiger charge is 2.40. The predicted octanol–water partition coefficient (Wildman–Crippen LogP) is 5.21. The van der Waals surface area contributed by atoms with Crippen LogP contribution in [0.25, 0.3) is 5.57 Å². The highest BCUT2D eigenvalue weighted by atomic mass is 16.2. The fraction of sp³-hybridized carbons (Fsp3) is 0.120. The number of imide groups is 1. The van der Waals surface area contributed by atoms with Crippen molar-refractivity contribution in [3.05, 3.63) is 102 Å². The summed E-state index contributed by atoms with van der Waals surface area (Å²) in [7, 11) is 0. The zero-order valence-electron chi connectivity index (χ0n) is 16.4. The van der Waals surface area contributed by atoms with Gasteiger partial charge in [-0.2, -0.15) is 0 Å². The van der Waals surface area contributed by atoms with E-state index in [1.54, 1.807) is 0 Å². The third kappa shape index (κ3) is 3.57. The topological polar surface area (TPSA) is 49.4 Å². The van der Waals surface area contributed by atoms with Crippen molar-refractivity contribution in [1.82, 2.24) is 0 Å². The van der Waals surface area contributed by atoms with E-state index in [-0.39, 0.29) is 11.8 Å². The van der Waals surface area contributed by atoms with Crippen molar-refractivity contribution < 1.29 is 9.59 Å². The van der Waals surface area contributed by atoms with Gasteiger partial charge in [-0.05, 0) is 41.3 Å². The molecule has 0 spiro atoms. The van der Waals surface area contributed by atoms with Crippen LogP contribution < -0.4 is 10.2 Å². The zero-order valence-corrected chi connectivity index (χ0v) is 16.4. The number of amides is 2. The standard InChI is InChI=1S/C25H22N2O2/c1-17(2)18-13-15-21(16-14-18)27-24(28)22(19-9-5-3-6-10-19)23(25(27)29)26-20-11-7-4-8-12-20/h3-17,26H,1-2H3. The molecule has 0 saturated carbocycles. The van der Waals surface area contributed by atoms with E-state index < -0.39 is 0 Å². The van der Waals surface area contributed by atoms with E-state index in [9.17, 15) is 9.59 Å². The predicted molar refractivity (Wildman–Crippen MR) is 116 cm³/mol.